The number of hydrogen-bond acceptors (Lipinski definition) is 6. The second-order valence-electron chi connectivity index (χ2n) is 5.00. The van der Waals surface area contributed by atoms with E-state index in [1.807, 2.05) is 7.05 Å². The number of primary amides is 1. The summed E-state index contributed by atoms with van der Waals surface area (Å²) >= 11 is 0. The molecule has 116 valence electrons. The van der Waals surface area contributed by atoms with Crippen LogP contribution in [0.25, 0.3) is 0 Å². The number of nitrogens with one attached hydrogen (secondary N) is 1. The van der Waals surface area contributed by atoms with Crippen LogP contribution in [0, 0.1) is 0 Å². The highest BCUT2D eigenvalue weighted by Gasteiger charge is 2.23. The summed E-state index contributed by atoms with van der Waals surface area (Å²) in [5, 5.41) is 1.64. The van der Waals surface area contributed by atoms with Crippen LogP contribution in [0.3, 0.4) is 0 Å². The summed E-state index contributed by atoms with van der Waals surface area (Å²) in [6, 6.07) is 3.89. The third-order valence-corrected chi connectivity index (χ3v) is 4.79. The number of hydrazine groups is 1. The molecule has 0 unspecified atom stereocenters. The molecular weight excluding hydrogens is 294 g/mol. The Morgan fingerprint density at radius 1 is 1.24 bits per heavy atom. The molecule has 0 radical (unpaired) electrons. The predicted molar refractivity (Wildman–Crippen MR) is 78.8 cm³/mol. The number of amides is 1. The standard InChI is InChI=1S/C12H19N5O3S/c1-16-4-6-17(7-5-16)15-21(19,20)11-3-2-9(12(14)18)8-10(11)13/h2-3,8,15H,4-7,13H2,1H3,(H2,14,18). The molecule has 9 heteroatoms. The lowest BCUT2D eigenvalue weighted by molar-refractivity contribution is 0.1000. The number of nitrogens with zero attached hydrogens (tertiary/aromatic N) is 2. The van der Waals surface area contributed by atoms with Gasteiger partial charge < -0.3 is 16.4 Å². The number of likely N-dealkylation sites (N-methyl/N-ethyl adjacent to an activating group) is 1. The molecule has 1 aromatic carbocycles. The first-order chi connectivity index (χ1) is 9.79. The number of carbonyl (C=O) groups excluding carboxylic acids is 1. The largest absolute Gasteiger partial charge is 0.398 e. The van der Waals surface area contributed by atoms with E-state index in [0.29, 0.717) is 13.1 Å². The molecule has 0 spiro atoms. The molecule has 2 rings (SSSR count). The lowest BCUT2D eigenvalue weighted by Gasteiger charge is -2.32. The molecule has 21 heavy (non-hydrogen) atoms. The Morgan fingerprint density at radius 2 is 1.86 bits per heavy atom. The van der Waals surface area contributed by atoms with E-state index in [4.69, 9.17) is 11.5 Å². The molecule has 1 aliphatic heterocycles. The summed E-state index contributed by atoms with van der Waals surface area (Å²) in [6.07, 6.45) is 0. The number of carbonyl (C=O) groups is 1. The van der Waals surface area contributed by atoms with E-state index in [1.165, 1.54) is 18.2 Å². The highest BCUT2D eigenvalue weighted by Crippen LogP contribution is 2.20. The Morgan fingerprint density at radius 3 is 2.38 bits per heavy atom. The lowest BCUT2D eigenvalue weighted by Crippen LogP contribution is -2.52. The highest BCUT2D eigenvalue weighted by atomic mass is 32.2. The summed E-state index contributed by atoms with van der Waals surface area (Å²) in [5.41, 5.74) is 11.0. The number of nitrogens with two attached hydrogens (primary N) is 2. The van der Waals surface area contributed by atoms with Crippen molar-refractivity contribution in [3.8, 4) is 0 Å². The van der Waals surface area contributed by atoms with Crippen LogP contribution < -0.4 is 16.3 Å². The maximum atomic E-state index is 12.3. The van der Waals surface area contributed by atoms with E-state index in [2.05, 4.69) is 9.73 Å². The topological polar surface area (TPSA) is 122 Å². The van der Waals surface area contributed by atoms with Crippen molar-refractivity contribution in [2.75, 3.05) is 39.0 Å². The Balaban J connectivity index is 2.18. The normalized spacial score (nSPS) is 17.8. The zero-order valence-corrected chi connectivity index (χ0v) is 12.6. The minimum absolute atomic E-state index is 0.00655. The third-order valence-electron chi connectivity index (χ3n) is 3.34. The number of benzene rings is 1. The fourth-order valence-electron chi connectivity index (χ4n) is 2.06. The van der Waals surface area contributed by atoms with Crippen molar-refractivity contribution < 1.29 is 13.2 Å². The molecule has 1 heterocycles. The maximum absolute atomic E-state index is 12.3. The van der Waals surface area contributed by atoms with Crippen molar-refractivity contribution in [2.24, 2.45) is 5.73 Å². The molecule has 0 bridgehead atoms. The lowest BCUT2D eigenvalue weighted by atomic mass is 10.2. The van der Waals surface area contributed by atoms with Gasteiger partial charge in [-0.1, -0.05) is 0 Å². The molecule has 0 aromatic heterocycles. The molecular formula is C12H19N5O3S. The van der Waals surface area contributed by atoms with Gasteiger partial charge >= 0.3 is 0 Å². The van der Waals surface area contributed by atoms with Gasteiger partial charge in [0.2, 0.25) is 5.91 Å². The summed E-state index contributed by atoms with van der Waals surface area (Å²) in [6.45, 7) is 2.74. The number of piperazine rings is 1. The smallest absolute Gasteiger partial charge is 0.255 e. The molecule has 1 amide bonds. The van der Waals surface area contributed by atoms with E-state index in [-0.39, 0.29) is 16.1 Å². The summed E-state index contributed by atoms with van der Waals surface area (Å²) < 4.78 is 24.6. The van der Waals surface area contributed by atoms with Crippen LogP contribution in [-0.4, -0.2) is 57.5 Å². The SMILES string of the molecule is CN1CCN(NS(=O)(=O)c2ccc(C(N)=O)cc2N)CC1. The minimum atomic E-state index is -3.77. The van der Waals surface area contributed by atoms with E-state index < -0.39 is 15.9 Å². The number of rotatable bonds is 4. The number of hydrogen-bond donors (Lipinski definition) is 3. The van der Waals surface area contributed by atoms with Crippen LogP contribution in [0.1, 0.15) is 10.4 Å². The molecule has 0 saturated carbocycles. The number of anilines is 1. The van der Waals surface area contributed by atoms with Gasteiger partial charge in [0.15, 0.2) is 0 Å². The number of sulfonamides is 1. The van der Waals surface area contributed by atoms with Crippen molar-refractivity contribution in [3.05, 3.63) is 23.8 Å². The number of nitrogen functional groups attached to an aromatic ring is 1. The monoisotopic (exact) mass is 313 g/mol. The van der Waals surface area contributed by atoms with E-state index >= 15 is 0 Å². The molecule has 8 nitrogen and oxygen atoms in total. The van der Waals surface area contributed by atoms with Crippen molar-refractivity contribution in [2.45, 2.75) is 4.90 Å². The average Bonchev–Trinajstić information content (AvgIpc) is 2.40. The Kier molecular flexibility index (Phi) is 4.47. The molecule has 1 aromatic rings. The van der Waals surface area contributed by atoms with Gasteiger partial charge in [0.25, 0.3) is 10.0 Å². The van der Waals surface area contributed by atoms with Gasteiger partial charge in [-0.05, 0) is 25.2 Å². The van der Waals surface area contributed by atoms with Gasteiger partial charge in [-0.2, -0.15) is 0 Å². The van der Waals surface area contributed by atoms with Gasteiger partial charge in [0.1, 0.15) is 4.90 Å². The van der Waals surface area contributed by atoms with Crippen LogP contribution in [0.5, 0.6) is 0 Å². The van der Waals surface area contributed by atoms with Crippen LogP contribution >= 0.6 is 0 Å². The maximum Gasteiger partial charge on any atom is 0.255 e. The second-order valence-corrected chi connectivity index (χ2v) is 6.63. The van der Waals surface area contributed by atoms with Crippen LogP contribution in [-0.2, 0) is 10.0 Å². The van der Waals surface area contributed by atoms with Gasteiger partial charge in [-0.3, -0.25) is 4.79 Å². The third kappa shape index (κ3) is 3.70. The zero-order chi connectivity index (χ0) is 15.6. The van der Waals surface area contributed by atoms with Gasteiger partial charge in [-0.15, -0.1) is 4.83 Å². The van der Waals surface area contributed by atoms with Crippen molar-refractivity contribution in [3.63, 3.8) is 0 Å². The first kappa shape index (κ1) is 15.7. The van der Waals surface area contributed by atoms with Crippen LogP contribution in [0.4, 0.5) is 5.69 Å². The first-order valence-electron chi connectivity index (χ1n) is 6.45. The van der Waals surface area contributed by atoms with E-state index in [9.17, 15) is 13.2 Å². The summed E-state index contributed by atoms with van der Waals surface area (Å²) in [4.78, 5) is 15.6. The van der Waals surface area contributed by atoms with Gasteiger partial charge in [-0.25, -0.2) is 13.4 Å². The zero-order valence-electron chi connectivity index (χ0n) is 11.7. The Bertz CT molecular complexity index is 638. The molecule has 5 N–H and O–H groups in total. The van der Waals surface area contributed by atoms with E-state index in [0.717, 1.165) is 13.1 Å². The average molecular weight is 313 g/mol. The van der Waals surface area contributed by atoms with Crippen LogP contribution in [0.15, 0.2) is 23.1 Å². The minimum Gasteiger partial charge on any atom is -0.398 e. The summed E-state index contributed by atoms with van der Waals surface area (Å²) in [5.74, 6) is -0.655. The Hall–Kier alpha value is -1.68. The Labute approximate surface area is 123 Å². The van der Waals surface area contributed by atoms with Crippen molar-refractivity contribution in [1.82, 2.24) is 14.7 Å². The molecule has 0 atom stereocenters. The van der Waals surface area contributed by atoms with Crippen molar-refractivity contribution in [1.29, 1.82) is 0 Å². The molecule has 1 saturated heterocycles. The molecule has 1 aliphatic rings. The van der Waals surface area contributed by atoms with E-state index in [1.54, 1.807) is 5.01 Å². The molecule has 1 fully saturated rings. The van der Waals surface area contributed by atoms with Gasteiger partial charge in [0.05, 0.1) is 5.69 Å². The fraction of sp³-hybridized carbons (Fsp3) is 0.417. The predicted octanol–water partition coefficient (Wildman–Crippen LogP) is -1.19. The highest BCUT2D eigenvalue weighted by molar-refractivity contribution is 7.89. The van der Waals surface area contributed by atoms with Gasteiger partial charge in [0, 0.05) is 31.7 Å². The molecule has 0 aliphatic carbocycles. The fourth-order valence-corrected chi connectivity index (χ4v) is 3.30. The van der Waals surface area contributed by atoms with Crippen molar-refractivity contribution >= 4 is 21.6 Å². The quantitative estimate of drug-likeness (QED) is 0.601. The summed E-state index contributed by atoms with van der Waals surface area (Å²) in [7, 11) is -1.79. The second kappa shape index (κ2) is 5.98. The van der Waals surface area contributed by atoms with Crippen LogP contribution in [0.2, 0.25) is 0 Å². The first-order valence-corrected chi connectivity index (χ1v) is 7.93.